The van der Waals surface area contributed by atoms with Crippen LogP contribution in [-0.4, -0.2) is 42.1 Å². The van der Waals surface area contributed by atoms with Crippen LogP contribution in [0.4, 0.5) is 0 Å². The Balaban J connectivity index is 2.62. The number of pyridine rings is 1. The van der Waals surface area contributed by atoms with Crippen LogP contribution >= 0.6 is 12.2 Å². The first kappa shape index (κ1) is 13.9. The smallest absolute Gasteiger partial charge is 0.223 e. The summed E-state index contributed by atoms with van der Waals surface area (Å²) in [5.41, 5.74) is 7.22. The lowest BCUT2D eigenvalue weighted by Crippen LogP contribution is -2.17. The highest BCUT2D eigenvalue weighted by Gasteiger charge is 2.08. The van der Waals surface area contributed by atoms with E-state index in [1.807, 2.05) is 33.2 Å². The number of hydrogen-bond donors (Lipinski definition) is 1. The molecule has 0 aliphatic carbocycles. The van der Waals surface area contributed by atoms with Crippen LogP contribution < -0.4 is 10.5 Å². The Kier molecular flexibility index (Phi) is 5.31. The number of nitrogens with zero attached hydrogens (tertiary/aromatic N) is 2. The maximum Gasteiger partial charge on any atom is 0.223 e. The monoisotopic (exact) mass is 253 g/mol. The summed E-state index contributed by atoms with van der Waals surface area (Å²) in [6, 6.07) is 3.73. The van der Waals surface area contributed by atoms with Gasteiger partial charge in [-0.05, 0) is 39.6 Å². The van der Waals surface area contributed by atoms with E-state index in [2.05, 4.69) is 9.88 Å². The van der Waals surface area contributed by atoms with Gasteiger partial charge in [-0.2, -0.15) is 0 Å². The zero-order chi connectivity index (χ0) is 12.8. The third-order valence-corrected chi connectivity index (χ3v) is 2.47. The molecule has 0 saturated heterocycles. The Morgan fingerprint density at radius 2 is 2.18 bits per heavy atom. The standard InChI is InChI=1S/C12H19N3OS/c1-9-5-6-10(11(13)17)12(14-9)16-8-4-7-15(2)3/h5-6H,4,7-8H2,1-3H3,(H2,13,17). The molecule has 5 heteroatoms. The highest BCUT2D eigenvalue weighted by atomic mass is 32.1. The van der Waals surface area contributed by atoms with Crippen LogP contribution in [0.1, 0.15) is 17.7 Å². The Morgan fingerprint density at radius 1 is 1.47 bits per heavy atom. The van der Waals surface area contributed by atoms with Gasteiger partial charge in [0.05, 0.1) is 12.2 Å². The van der Waals surface area contributed by atoms with Gasteiger partial charge in [-0.3, -0.25) is 0 Å². The third kappa shape index (κ3) is 4.66. The van der Waals surface area contributed by atoms with Crippen LogP contribution in [0.15, 0.2) is 12.1 Å². The Bertz CT molecular complexity index is 393. The Hall–Kier alpha value is -1.20. The summed E-state index contributed by atoms with van der Waals surface area (Å²) in [5.74, 6) is 0.538. The quantitative estimate of drug-likeness (QED) is 0.613. The minimum atomic E-state index is 0.320. The summed E-state index contributed by atoms with van der Waals surface area (Å²) in [6.45, 7) is 3.51. The molecule has 1 heterocycles. The molecule has 0 bridgehead atoms. The van der Waals surface area contributed by atoms with Crippen LogP contribution in [0.3, 0.4) is 0 Å². The molecule has 2 N–H and O–H groups in total. The molecule has 0 aromatic carbocycles. The second-order valence-electron chi connectivity index (χ2n) is 4.17. The van der Waals surface area contributed by atoms with E-state index in [0.29, 0.717) is 23.0 Å². The number of thiocarbonyl (C=S) groups is 1. The summed E-state index contributed by atoms with van der Waals surface area (Å²) in [4.78, 5) is 6.74. The van der Waals surface area contributed by atoms with Crippen molar-refractivity contribution < 1.29 is 4.74 Å². The van der Waals surface area contributed by atoms with Crippen LogP contribution in [0, 0.1) is 6.92 Å². The van der Waals surface area contributed by atoms with E-state index in [1.54, 1.807) is 0 Å². The van der Waals surface area contributed by atoms with E-state index < -0.39 is 0 Å². The fourth-order valence-electron chi connectivity index (χ4n) is 1.38. The fraction of sp³-hybridized carbons (Fsp3) is 0.500. The zero-order valence-electron chi connectivity index (χ0n) is 10.6. The Labute approximate surface area is 108 Å². The predicted molar refractivity (Wildman–Crippen MR) is 73.5 cm³/mol. The summed E-state index contributed by atoms with van der Waals surface area (Å²) < 4.78 is 5.62. The molecule has 0 radical (unpaired) electrons. The maximum atomic E-state index is 5.62. The number of nitrogens with two attached hydrogens (primary N) is 1. The lowest BCUT2D eigenvalue weighted by Gasteiger charge is -2.12. The summed E-state index contributed by atoms with van der Waals surface area (Å²) in [6.07, 6.45) is 0.944. The number of hydrogen-bond acceptors (Lipinski definition) is 4. The maximum absolute atomic E-state index is 5.62. The minimum absolute atomic E-state index is 0.320. The van der Waals surface area contributed by atoms with Crippen molar-refractivity contribution >= 4 is 17.2 Å². The molecule has 0 atom stereocenters. The first-order valence-corrected chi connectivity index (χ1v) is 5.96. The van der Waals surface area contributed by atoms with Crippen molar-refractivity contribution in [3.05, 3.63) is 23.4 Å². The highest BCUT2D eigenvalue weighted by Crippen LogP contribution is 2.16. The van der Waals surface area contributed by atoms with Gasteiger partial charge >= 0.3 is 0 Å². The molecule has 1 aromatic heterocycles. The van der Waals surface area contributed by atoms with Gasteiger partial charge in [-0.15, -0.1) is 0 Å². The molecule has 0 fully saturated rings. The second kappa shape index (κ2) is 6.51. The Morgan fingerprint density at radius 3 is 2.76 bits per heavy atom. The van der Waals surface area contributed by atoms with E-state index >= 15 is 0 Å². The molecular formula is C12H19N3OS. The molecule has 0 unspecified atom stereocenters. The largest absolute Gasteiger partial charge is 0.477 e. The van der Waals surface area contributed by atoms with Crippen molar-refractivity contribution in [2.24, 2.45) is 5.73 Å². The number of rotatable bonds is 6. The van der Waals surface area contributed by atoms with E-state index in [4.69, 9.17) is 22.7 Å². The number of aryl methyl sites for hydroxylation is 1. The van der Waals surface area contributed by atoms with Crippen LogP contribution in [0.2, 0.25) is 0 Å². The van der Waals surface area contributed by atoms with Gasteiger partial charge in [0.25, 0.3) is 0 Å². The third-order valence-electron chi connectivity index (χ3n) is 2.25. The summed E-state index contributed by atoms with van der Waals surface area (Å²) >= 11 is 4.96. The topological polar surface area (TPSA) is 51.4 Å². The van der Waals surface area contributed by atoms with Gasteiger partial charge < -0.3 is 15.4 Å². The van der Waals surface area contributed by atoms with Gasteiger partial charge in [0, 0.05) is 12.2 Å². The molecule has 1 aromatic rings. The van der Waals surface area contributed by atoms with Crippen LogP contribution in [0.5, 0.6) is 5.88 Å². The summed E-state index contributed by atoms with van der Waals surface area (Å²) in [5, 5.41) is 0. The molecule has 4 nitrogen and oxygen atoms in total. The molecule has 0 amide bonds. The van der Waals surface area contributed by atoms with E-state index in [-0.39, 0.29) is 0 Å². The average Bonchev–Trinajstić information content (AvgIpc) is 2.23. The molecule has 0 saturated carbocycles. The molecule has 0 aliphatic heterocycles. The molecule has 17 heavy (non-hydrogen) atoms. The minimum Gasteiger partial charge on any atom is -0.477 e. The van der Waals surface area contributed by atoms with Crippen LogP contribution in [0.25, 0.3) is 0 Å². The van der Waals surface area contributed by atoms with Crippen molar-refractivity contribution in [1.82, 2.24) is 9.88 Å². The average molecular weight is 253 g/mol. The first-order valence-electron chi connectivity index (χ1n) is 5.55. The van der Waals surface area contributed by atoms with Crippen LogP contribution in [-0.2, 0) is 0 Å². The highest BCUT2D eigenvalue weighted by molar-refractivity contribution is 7.80. The molecule has 0 aliphatic rings. The van der Waals surface area contributed by atoms with E-state index in [9.17, 15) is 0 Å². The second-order valence-corrected chi connectivity index (χ2v) is 4.61. The molecule has 1 rings (SSSR count). The van der Waals surface area contributed by atoms with E-state index in [1.165, 1.54) is 0 Å². The van der Waals surface area contributed by atoms with Gasteiger partial charge in [0.15, 0.2) is 0 Å². The van der Waals surface area contributed by atoms with Crippen molar-refractivity contribution in [3.8, 4) is 5.88 Å². The van der Waals surface area contributed by atoms with Crippen molar-refractivity contribution in [2.75, 3.05) is 27.2 Å². The molecule has 94 valence electrons. The van der Waals surface area contributed by atoms with Gasteiger partial charge in [0.1, 0.15) is 4.99 Å². The van der Waals surface area contributed by atoms with Crippen molar-refractivity contribution in [3.63, 3.8) is 0 Å². The van der Waals surface area contributed by atoms with Gasteiger partial charge in [-0.25, -0.2) is 4.98 Å². The predicted octanol–water partition coefficient (Wildman–Crippen LogP) is 1.35. The fourth-order valence-corrected chi connectivity index (χ4v) is 1.54. The summed E-state index contributed by atoms with van der Waals surface area (Å²) in [7, 11) is 4.07. The zero-order valence-corrected chi connectivity index (χ0v) is 11.4. The SMILES string of the molecule is Cc1ccc(C(N)=S)c(OCCCN(C)C)n1. The molecule has 0 spiro atoms. The van der Waals surface area contributed by atoms with Crippen molar-refractivity contribution in [1.29, 1.82) is 0 Å². The first-order chi connectivity index (χ1) is 8.00. The number of ether oxygens (including phenoxy) is 1. The van der Waals surface area contributed by atoms with Gasteiger partial charge in [0.2, 0.25) is 5.88 Å². The van der Waals surface area contributed by atoms with Crippen molar-refractivity contribution in [2.45, 2.75) is 13.3 Å². The van der Waals surface area contributed by atoms with Gasteiger partial charge in [-0.1, -0.05) is 12.2 Å². The van der Waals surface area contributed by atoms with E-state index in [0.717, 1.165) is 18.7 Å². The lowest BCUT2D eigenvalue weighted by atomic mass is 10.2. The lowest BCUT2D eigenvalue weighted by molar-refractivity contribution is 0.272. The number of aromatic nitrogens is 1. The normalized spacial score (nSPS) is 10.6. The molecular weight excluding hydrogens is 234 g/mol.